The van der Waals surface area contributed by atoms with E-state index in [1.165, 1.54) is 40.9 Å². The van der Waals surface area contributed by atoms with Gasteiger partial charge in [0.05, 0.1) is 23.7 Å². The fourth-order valence-electron chi connectivity index (χ4n) is 3.14. The molecular weight excluding hydrogens is 463 g/mol. The van der Waals surface area contributed by atoms with E-state index >= 15 is 0 Å². The minimum Gasteiger partial charge on any atom is -0.481 e. The molecule has 3 aromatic rings. The lowest BCUT2D eigenvalue weighted by Gasteiger charge is -2.31. The van der Waals surface area contributed by atoms with Crippen LogP contribution in [0.15, 0.2) is 24.7 Å². The van der Waals surface area contributed by atoms with Crippen molar-refractivity contribution in [1.82, 2.24) is 24.8 Å². The van der Waals surface area contributed by atoms with E-state index in [2.05, 4.69) is 25.3 Å². The summed E-state index contributed by atoms with van der Waals surface area (Å²) in [5.74, 6) is -0.978. The number of rotatable bonds is 9. The number of anilines is 1. The zero-order chi connectivity index (χ0) is 24.9. The third kappa shape index (κ3) is 6.80. The van der Waals surface area contributed by atoms with Gasteiger partial charge < -0.3 is 20.1 Å². The van der Waals surface area contributed by atoms with Crippen LogP contribution in [0.5, 0.6) is 0 Å². The Morgan fingerprint density at radius 3 is 2.74 bits per heavy atom. The number of pyridine rings is 1. The van der Waals surface area contributed by atoms with Gasteiger partial charge in [-0.05, 0) is 39.8 Å². The molecule has 34 heavy (non-hydrogen) atoms. The highest BCUT2D eigenvalue weighted by Gasteiger charge is 2.27. The third-order valence-corrected chi connectivity index (χ3v) is 5.72. The maximum Gasteiger partial charge on any atom is 0.410 e. The molecule has 2 N–H and O–H groups in total. The minimum absolute atomic E-state index is 0.130. The summed E-state index contributed by atoms with van der Waals surface area (Å²) in [5, 5.41) is 12.9. The number of nitrogens with zero attached hydrogens (tertiary/aromatic N) is 5. The van der Waals surface area contributed by atoms with Crippen molar-refractivity contribution in [2.24, 2.45) is 0 Å². The Labute approximate surface area is 200 Å². The number of hydrogen-bond acceptors (Lipinski definition) is 9. The Bertz CT molecular complexity index is 1170. The van der Waals surface area contributed by atoms with Gasteiger partial charge in [-0.2, -0.15) is 0 Å². The zero-order valence-electron chi connectivity index (χ0n) is 19.4. The molecule has 3 heterocycles. The van der Waals surface area contributed by atoms with Crippen molar-refractivity contribution >= 4 is 39.6 Å². The SMILES string of the molecule is CC(CC(=O)O)N(CCc1nc2c(NCc3ncccc3F)ncnc2s1)C(=O)OC(C)(C)C. The van der Waals surface area contributed by atoms with Gasteiger partial charge in [-0.15, -0.1) is 0 Å². The highest BCUT2D eigenvalue weighted by atomic mass is 32.1. The highest BCUT2D eigenvalue weighted by Crippen LogP contribution is 2.26. The van der Waals surface area contributed by atoms with Gasteiger partial charge in [0.15, 0.2) is 5.82 Å². The van der Waals surface area contributed by atoms with Crippen LogP contribution < -0.4 is 5.32 Å². The number of carboxylic acid groups (broad SMARTS) is 1. The molecule has 0 aliphatic rings. The lowest BCUT2D eigenvalue weighted by Crippen LogP contribution is -2.44. The smallest absolute Gasteiger partial charge is 0.410 e. The van der Waals surface area contributed by atoms with E-state index in [0.717, 1.165) is 0 Å². The van der Waals surface area contributed by atoms with Crippen LogP contribution in [0.25, 0.3) is 10.3 Å². The number of carbonyl (C=O) groups is 2. The summed E-state index contributed by atoms with van der Waals surface area (Å²) in [4.78, 5) is 43.0. The average Bonchev–Trinajstić information content (AvgIpc) is 3.15. The summed E-state index contributed by atoms with van der Waals surface area (Å²) in [6.45, 7) is 7.28. The molecule has 3 rings (SSSR count). The molecule has 1 unspecified atom stereocenters. The number of nitrogens with one attached hydrogen (secondary N) is 1. The van der Waals surface area contributed by atoms with Crippen LogP contribution >= 0.6 is 11.3 Å². The number of halogens is 1. The minimum atomic E-state index is -1.00. The Hall–Kier alpha value is -3.41. The number of carbonyl (C=O) groups excluding carboxylic acids is 1. The van der Waals surface area contributed by atoms with Gasteiger partial charge >= 0.3 is 12.1 Å². The predicted molar refractivity (Wildman–Crippen MR) is 125 cm³/mol. The van der Waals surface area contributed by atoms with Crippen LogP contribution in [-0.2, 0) is 22.5 Å². The van der Waals surface area contributed by atoms with Crippen molar-refractivity contribution in [3.05, 3.63) is 41.2 Å². The summed E-state index contributed by atoms with van der Waals surface area (Å²) in [5.41, 5.74) is 0.0728. The van der Waals surface area contributed by atoms with E-state index in [4.69, 9.17) is 9.84 Å². The predicted octanol–water partition coefficient (Wildman–Crippen LogP) is 3.88. The number of hydrogen-bond donors (Lipinski definition) is 2. The Morgan fingerprint density at radius 1 is 1.29 bits per heavy atom. The molecule has 1 atom stereocenters. The summed E-state index contributed by atoms with van der Waals surface area (Å²) < 4.78 is 19.3. The largest absolute Gasteiger partial charge is 0.481 e. The molecule has 12 heteroatoms. The zero-order valence-corrected chi connectivity index (χ0v) is 20.2. The van der Waals surface area contributed by atoms with E-state index in [1.807, 2.05) is 0 Å². The fourth-order valence-corrected chi connectivity index (χ4v) is 4.03. The van der Waals surface area contributed by atoms with E-state index < -0.39 is 29.5 Å². The lowest BCUT2D eigenvalue weighted by molar-refractivity contribution is -0.138. The normalized spacial score (nSPS) is 12.4. The Morgan fingerprint density at radius 2 is 2.06 bits per heavy atom. The first-order valence-corrected chi connectivity index (χ1v) is 11.5. The van der Waals surface area contributed by atoms with Gasteiger partial charge in [0.2, 0.25) is 0 Å². The van der Waals surface area contributed by atoms with E-state index in [1.54, 1.807) is 27.7 Å². The second-order valence-corrected chi connectivity index (χ2v) is 9.70. The third-order valence-electron chi connectivity index (χ3n) is 4.69. The van der Waals surface area contributed by atoms with Crippen molar-refractivity contribution in [3.8, 4) is 0 Å². The molecule has 0 aromatic carbocycles. The molecule has 0 aliphatic heterocycles. The monoisotopic (exact) mass is 490 g/mol. The van der Waals surface area contributed by atoms with Gasteiger partial charge in [-0.1, -0.05) is 11.3 Å². The van der Waals surface area contributed by atoms with Crippen molar-refractivity contribution in [2.45, 2.75) is 58.7 Å². The molecule has 3 aromatic heterocycles. The molecule has 0 bridgehead atoms. The summed E-state index contributed by atoms with van der Waals surface area (Å²) in [6.07, 6.45) is 2.49. The number of fused-ring (bicyclic) bond motifs is 1. The lowest BCUT2D eigenvalue weighted by atomic mass is 10.2. The van der Waals surface area contributed by atoms with Crippen molar-refractivity contribution in [2.75, 3.05) is 11.9 Å². The maximum absolute atomic E-state index is 13.9. The van der Waals surface area contributed by atoms with E-state index in [9.17, 15) is 14.0 Å². The number of ether oxygens (including phenoxy) is 1. The van der Waals surface area contributed by atoms with E-state index in [-0.39, 0.29) is 25.2 Å². The number of amides is 1. The quantitative estimate of drug-likeness (QED) is 0.459. The number of thiazole rings is 1. The Balaban J connectivity index is 1.75. The number of carboxylic acids is 1. The Kier molecular flexibility index (Phi) is 7.92. The molecule has 0 fully saturated rings. The molecule has 1 amide bonds. The second kappa shape index (κ2) is 10.7. The second-order valence-electron chi connectivity index (χ2n) is 8.64. The standard InChI is InChI=1S/C22H27FN6O4S/c1-13(10-17(30)31)29(21(32)33-22(2,3)4)9-7-16-28-18-19(26-12-27-20(18)34-16)25-11-15-14(23)6-5-8-24-15/h5-6,8,12-13H,7,9-11H2,1-4H3,(H,30,31)(H,25,26,27). The molecule has 0 radical (unpaired) electrons. The van der Waals surface area contributed by atoms with Gasteiger partial charge in [0.25, 0.3) is 0 Å². The molecule has 0 aliphatic carbocycles. The summed E-state index contributed by atoms with van der Waals surface area (Å²) >= 11 is 1.34. The molecular formula is C22H27FN6O4S. The molecule has 0 spiro atoms. The molecule has 182 valence electrons. The summed E-state index contributed by atoms with van der Waals surface area (Å²) in [7, 11) is 0. The molecule has 0 saturated carbocycles. The first-order chi connectivity index (χ1) is 16.0. The van der Waals surface area contributed by atoms with Crippen LogP contribution in [0.3, 0.4) is 0 Å². The van der Waals surface area contributed by atoms with E-state index in [0.29, 0.717) is 27.6 Å². The van der Waals surface area contributed by atoms with Crippen molar-refractivity contribution in [3.63, 3.8) is 0 Å². The van der Waals surface area contributed by atoms with Gasteiger partial charge in [-0.25, -0.2) is 24.1 Å². The first-order valence-electron chi connectivity index (χ1n) is 10.7. The van der Waals surface area contributed by atoms with Crippen molar-refractivity contribution in [1.29, 1.82) is 0 Å². The van der Waals surface area contributed by atoms with Crippen LogP contribution in [-0.4, -0.2) is 60.2 Å². The van der Waals surface area contributed by atoms with Crippen LogP contribution in [0, 0.1) is 5.82 Å². The van der Waals surface area contributed by atoms with Gasteiger partial charge in [0, 0.05) is 25.2 Å². The first kappa shape index (κ1) is 25.2. The average molecular weight is 491 g/mol. The fraction of sp³-hybridized carbons (Fsp3) is 0.455. The van der Waals surface area contributed by atoms with Crippen LogP contribution in [0.2, 0.25) is 0 Å². The van der Waals surface area contributed by atoms with Crippen molar-refractivity contribution < 1.29 is 23.8 Å². The van der Waals surface area contributed by atoms with Crippen LogP contribution in [0.4, 0.5) is 15.0 Å². The highest BCUT2D eigenvalue weighted by molar-refractivity contribution is 7.18. The summed E-state index contributed by atoms with van der Waals surface area (Å²) in [6, 6.07) is 2.29. The maximum atomic E-state index is 13.9. The van der Waals surface area contributed by atoms with Gasteiger partial charge in [-0.3, -0.25) is 9.78 Å². The van der Waals surface area contributed by atoms with Gasteiger partial charge in [0.1, 0.15) is 28.1 Å². The number of aromatic nitrogens is 4. The topological polar surface area (TPSA) is 130 Å². The number of aliphatic carboxylic acids is 1. The molecule has 0 saturated heterocycles. The van der Waals surface area contributed by atoms with Crippen LogP contribution in [0.1, 0.15) is 44.8 Å². The molecule has 10 nitrogen and oxygen atoms in total.